The van der Waals surface area contributed by atoms with Crippen LogP contribution in [0.25, 0.3) is 10.5 Å². The molecule has 0 saturated heterocycles. The van der Waals surface area contributed by atoms with Gasteiger partial charge >= 0.3 is 0 Å². The molecule has 4 rings (SSSR count). The number of benzene rings is 1. The van der Waals surface area contributed by atoms with Crippen molar-refractivity contribution in [3.8, 4) is 5.75 Å². The van der Waals surface area contributed by atoms with Crippen molar-refractivity contribution in [1.29, 1.82) is 0 Å². The van der Waals surface area contributed by atoms with Gasteiger partial charge in [0.1, 0.15) is 11.4 Å². The van der Waals surface area contributed by atoms with Crippen LogP contribution in [0, 0.1) is 6.57 Å². The van der Waals surface area contributed by atoms with Crippen LogP contribution < -0.4 is 21.1 Å². The van der Waals surface area contributed by atoms with E-state index in [1.807, 2.05) is 37.3 Å². The van der Waals surface area contributed by atoms with Crippen molar-refractivity contribution >= 4 is 28.7 Å². The zero-order valence-electron chi connectivity index (χ0n) is 16.4. The fourth-order valence-electron chi connectivity index (χ4n) is 3.62. The molecule has 0 atom stereocenters. The lowest BCUT2D eigenvalue weighted by atomic mass is 9.92. The molecule has 29 heavy (non-hydrogen) atoms. The monoisotopic (exact) mass is 391 g/mol. The number of anilines is 3. The minimum atomic E-state index is 0.294. The molecule has 1 saturated carbocycles. The van der Waals surface area contributed by atoms with Crippen molar-refractivity contribution in [2.75, 3.05) is 17.2 Å². The number of ether oxygens (including phenoxy) is 1. The smallest absolute Gasteiger partial charge is 0.275 e. The lowest BCUT2D eigenvalue weighted by Crippen LogP contribution is -2.33. The van der Waals surface area contributed by atoms with Gasteiger partial charge in [-0.05, 0) is 56.9 Å². The number of fused-ring (bicyclic) bond motifs is 1. The molecule has 0 radical (unpaired) electrons. The predicted octanol–water partition coefficient (Wildman–Crippen LogP) is 4.10. The second-order valence-electron chi connectivity index (χ2n) is 7.25. The Morgan fingerprint density at radius 3 is 2.69 bits per heavy atom. The first-order valence-electron chi connectivity index (χ1n) is 9.94. The van der Waals surface area contributed by atoms with Crippen LogP contribution in [-0.4, -0.2) is 33.3 Å². The third kappa shape index (κ3) is 4.25. The fourth-order valence-corrected chi connectivity index (χ4v) is 3.62. The van der Waals surface area contributed by atoms with Gasteiger partial charge in [-0.1, -0.05) is 11.7 Å². The van der Waals surface area contributed by atoms with Crippen LogP contribution >= 0.6 is 0 Å². The topological polar surface area (TPSA) is 93.9 Å². The first-order valence-corrected chi connectivity index (χ1v) is 9.94. The van der Waals surface area contributed by atoms with E-state index in [1.54, 1.807) is 10.7 Å². The molecule has 0 aliphatic heterocycles. The van der Waals surface area contributed by atoms with E-state index in [0.29, 0.717) is 36.0 Å². The van der Waals surface area contributed by atoms with Crippen molar-refractivity contribution in [1.82, 2.24) is 14.6 Å². The van der Waals surface area contributed by atoms with Crippen molar-refractivity contribution in [2.24, 2.45) is 5.73 Å². The molecule has 3 aromatic rings. The molecule has 1 aromatic carbocycles. The summed E-state index contributed by atoms with van der Waals surface area (Å²) in [4.78, 5) is 7.92. The van der Waals surface area contributed by atoms with Crippen LogP contribution in [0.2, 0.25) is 0 Å². The van der Waals surface area contributed by atoms with Gasteiger partial charge in [-0.2, -0.15) is 0 Å². The minimum Gasteiger partial charge on any atom is -0.494 e. The Labute approximate surface area is 169 Å². The quantitative estimate of drug-likeness (QED) is 0.548. The van der Waals surface area contributed by atoms with Crippen LogP contribution in [0.3, 0.4) is 0 Å². The summed E-state index contributed by atoms with van der Waals surface area (Å²) in [6, 6.07) is 10.3. The van der Waals surface area contributed by atoms with E-state index >= 15 is 0 Å². The molecule has 2 heterocycles. The van der Waals surface area contributed by atoms with E-state index in [9.17, 15) is 0 Å². The average Bonchev–Trinajstić information content (AvgIpc) is 3.15. The lowest BCUT2D eigenvalue weighted by Gasteiger charge is -2.27. The molecule has 1 aliphatic carbocycles. The number of aromatic nitrogens is 3. The molecule has 0 bridgehead atoms. The summed E-state index contributed by atoms with van der Waals surface area (Å²) in [6.07, 6.45) is 5.59. The molecule has 4 N–H and O–H groups in total. The van der Waals surface area contributed by atoms with E-state index in [2.05, 4.69) is 25.6 Å². The number of imidazole rings is 1. The summed E-state index contributed by atoms with van der Waals surface area (Å²) in [5.74, 6) is 1.92. The summed E-state index contributed by atoms with van der Waals surface area (Å²) in [5.41, 5.74) is 8.32. The molecule has 150 valence electrons. The van der Waals surface area contributed by atoms with Gasteiger partial charge in [0.2, 0.25) is 0 Å². The number of hydrogen-bond donors (Lipinski definition) is 3. The van der Waals surface area contributed by atoms with Gasteiger partial charge in [-0.15, -0.1) is 4.52 Å². The first-order chi connectivity index (χ1) is 14.2. The van der Waals surface area contributed by atoms with E-state index in [-0.39, 0.29) is 0 Å². The van der Waals surface area contributed by atoms with Crippen molar-refractivity contribution in [3.63, 3.8) is 0 Å². The number of rotatable bonds is 6. The van der Waals surface area contributed by atoms with Crippen LogP contribution in [0.1, 0.15) is 32.6 Å². The van der Waals surface area contributed by atoms with Gasteiger partial charge in [0.15, 0.2) is 5.82 Å². The Bertz CT molecular complexity index is 1010. The number of nitrogens with one attached hydrogen (secondary N) is 2. The minimum absolute atomic E-state index is 0.294. The van der Waals surface area contributed by atoms with Crippen LogP contribution in [-0.2, 0) is 0 Å². The highest BCUT2D eigenvalue weighted by atomic mass is 16.5. The van der Waals surface area contributed by atoms with Crippen molar-refractivity contribution in [2.45, 2.75) is 44.7 Å². The maximum Gasteiger partial charge on any atom is 0.275 e. The molecule has 1 aliphatic rings. The highest BCUT2D eigenvalue weighted by Crippen LogP contribution is 2.29. The molecule has 8 nitrogen and oxygen atoms in total. The molecule has 0 amide bonds. The summed E-state index contributed by atoms with van der Waals surface area (Å²) in [6.45, 7) is 9.99. The molecular weight excluding hydrogens is 366 g/mol. The number of hydrogen-bond acceptors (Lipinski definition) is 6. The number of nitrogens with two attached hydrogens (primary N) is 1. The molecular formula is C21H25N7O. The van der Waals surface area contributed by atoms with Crippen LogP contribution in [0.15, 0.2) is 36.5 Å². The van der Waals surface area contributed by atoms with E-state index < -0.39 is 0 Å². The first kappa shape index (κ1) is 19.0. The van der Waals surface area contributed by atoms with Gasteiger partial charge in [-0.3, -0.25) is 0 Å². The average molecular weight is 391 g/mol. The highest BCUT2D eigenvalue weighted by Gasteiger charge is 2.21. The molecule has 1 fully saturated rings. The second kappa shape index (κ2) is 8.37. The Hall–Kier alpha value is -3.31. The van der Waals surface area contributed by atoms with E-state index in [4.69, 9.17) is 17.0 Å². The van der Waals surface area contributed by atoms with Gasteiger partial charge in [0.05, 0.1) is 12.8 Å². The maximum atomic E-state index is 7.40. The summed E-state index contributed by atoms with van der Waals surface area (Å²) in [5, 5.41) is 11.5. The zero-order valence-corrected chi connectivity index (χ0v) is 16.4. The van der Waals surface area contributed by atoms with Crippen molar-refractivity contribution < 1.29 is 4.74 Å². The standard InChI is InChI=1S/C21H25N7O/c1-3-29-17-10-8-15(9-11-17)25-18-12-19(26-16-6-4-14(22)5-7-16)27-28-20(23-2)13-24-21(18)28/h8-14,16,25H,3-7,22H2,1H3,(H,26,27). The molecule has 0 spiro atoms. The second-order valence-corrected chi connectivity index (χ2v) is 7.25. The summed E-state index contributed by atoms with van der Waals surface area (Å²) < 4.78 is 7.09. The van der Waals surface area contributed by atoms with E-state index in [1.165, 1.54) is 0 Å². The maximum absolute atomic E-state index is 7.40. The van der Waals surface area contributed by atoms with Gasteiger partial charge in [0, 0.05) is 23.8 Å². The molecule has 0 unspecified atom stereocenters. The number of nitrogens with zero attached hydrogens (tertiary/aromatic N) is 4. The van der Waals surface area contributed by atoms with E-state index in [0.717, 1.165) is 42.8 Å². The third-order valence-corrected chi connectivity index (χ3v) is 5.13. The Morgan fingerprint density at radius 1 is 1.24 bits per heavy atom. The largest absolute Gasteiger partial charge is 0.494 e. The Morgan fingerprint density at radius 2 is 2.00 bits per heavy atom. The zero-order chi connectivity index (χ0) is 20.2. The van der Waals surface area contributed by atoms with Crippen LogP contribution in [0.4, 0.5) is 23.0 Å². The summed E-state index contributed by atoms with van der Waals surface area (Å²) in [7, 11) is 0. The lowest BCUT2D eigenvalue weighted by molar-refractivity contribution is 0.340. The Kier molecular flexibility index (Phi) is 5.49. The Balaban J connectivity index is 1.63. The van der Waals surface area contributed by atoms with Gasteiger partial charge in [-0.25, -0.2) is 4.98 Å². The van der Waals surface area contributed by atoms with Crippen molar-refractivity contribution in [3.05, 3.63) is 47.9 Å². The van der Waals surface area contributed by atoms with Crippen LogP contribution in [0.5, 0.6) is 5.75 Å². The SMILES string of the molecule is [C-]#[N+]c1cnc2c(Nc3ccc(OCC)cc3)cc(NC3CCC(N)CC3)nn12. The molecule has 2 aromatic heterocycles. The molecule has 8 heteroatoms. The van der Waals surface area contributed by atoms with Gasteiger partial charge < -0.3 is 25.9 Å². The normalized spacial score (nSPS) is 18.9. The third-order valence-electron chi connectivity index (χ3n) is 5.13. The summed E-state index contributed by atoms with van der Waals surface area (Å²) >= 11 is 0. The predicted molar refractivity (Wildman–Crippen MR) is 114 cm³/mol. The highest BCUT2D eigenvalue weighted by molar-refractivity contribution is 5.77. The fraction of sp³-hybridized carbons (Fsp3) is 0.381. The van der Waals surface area contributed by atoms with Gasteiger partial charge in [0.25, 0.3) is 11.5 Å².